The van der Waals surface area contributed by atoms with Crippen LogP contribution in [0.25, 0.3) is 0 Å². The highest BCUT2D eigenvalue weighted by molar-refractivity contribution is 5.75. The summed E-state index contributed by atoms with van der Waals surface area (Å²) in [6, 6.07) is 4.70. The number of aryl methyl sites for hydroxylation is 1. The first-order valence-electron chi connectivity index (χ1n) is 15.1. The van der Waals surface area contributed by atoms with E-state index >= 15 is 0 Å². The van der Waals surface area contributed by atoms with Crippen LogP contribution in [0.15, 0.2) is 30.3 Å². The highest BCUT2D eigenvalue weighted by Gasteiger charge is 2.41. The lowest BCUT2D eigenvalue weighted by Crippen LogP contribution is -2.34. The molecule has 2 aromatic carbocycles. The van der Waals surface area contributed by atoms with Crippen LogP contribution in [0, 0.1) is 35.2 Å². The zero-order valence-corrected chi connectivity index (χ0v) is 24.3. The Morgan fingerprint density at radius 3 is 1.93 bits per heavy atom. The smallest absolute Gasteiger partial charge is 0.426 e. The van der Waals surface area contributed by atoms with Crippen molar-refractivity contribution < 1.29 is 54.1 Å². The monoisotopic (exact) mass is 636 g/mol. The van der Waals surface area contributed by atoms with Crippen LogP contribution in [0.3, 0.4) is 0 Å². The van der Waals surface area contributed by atoms with Crippen molar-refractivity contribution in [3.05, 3.63) is 58.9 Å². The molecule has 0 saturated heterocycles. The molecule has 2 aliphatic carbocycles. The normalized spacial score (nSPS) is 22.9. The van der Waals surface area contributed by atoms with E-state index in [0.29, 0.717) is 75.5 Å². The average molecular weight is 637 g/mol. The molecule has 0 N–H and O–H groups in total. The Balaban J connectivity index is 1.23. The number of hydrogen-bond donors (Lipinski definition) is 0. The number of carbonyl (C=O) groups excluding carboxylic acids is 1. The SMILES string of the molecule is CCCCCc1ccc(C(F)(F)OC2CCC(C3CCC(C(=O)Oc4cc(F)c(OC(F)(F)F)c(F)c4)CC3)CC2)c(F)c1. The first-order chi connectivity index (χ1) is 20.8. The number of unbranched alkanes of at least 4 members (excludes halogenated alkanes) is 2. The Hall–Kier alpha value is -2.89. The van der Waals surface area contributed by atoms with Crippen molar-refractivity contribution in [2.24, 2.45) is 17.8 Å². The zero-order valence-electron chi connectivity index (χ0n) is 24.3. The lowest BCUT2D eigenvalue weighted by molar-refractivity contribution is -0.280. The molecule has 2 aliphatic rings. The summed E-state index contributed by atoms with van der Waals surface area (Å²) < 4.78 is 123. The Morgan fingerprint density at radius 1 is 0.795 bits per heavy atom. The third kappa shape index (κ3) is 9.08. The van der Waals surface area contributed by atoms with E-state index in [-0.39, 0.29) is 11.8 Å². The van der Waals surface area contributed by atoms with E-state index in [1.54, 1.807) is 0 Å². The molecule has 0 unspecified atom stereocenters. The second-order valence-corrected chi connectivity index (χ2v) is 11.7. The van der Waals surface area contributed by atoms with Crippen molar-refractivity contribution >= 4 is 5.97 Å². The third-order valence-electron chi connectivity index (χ3n) is 8.63. The van der Waals surface area contributed by atoms with Gasteiger partial charge in [-0.05, 0) is 93.7 Å². The van der Waals surface area contributed by atoms with Gasteiger partial charge in [0.1, 0.15) is 11.6 Å². The Labute approximate surface area is 251 Å². The van der Waals surface area contributed by atoms with Crippen LogP contribution in [0.2, 0.25) is 0 Å². The molecule has 2 aromatic rings. The summed E-state index contributed by atoms with van der Waals surface area (Å²) in [6.45, 7) is 2.05. The average Bonchev–Trinajstić information content (AvgIpc) is 2.95. The molecule has 0 atom stereocenters. The van der Waals surface area contributed by atoms with E-state index in [4.69, 9.17) is 9.47 Å². The van der Waals surface area contributed by atoms with Crippen LogP contribution in [-0.4, -0.2) is 18.4 Å². The molecule has 244 valence electrons. The quantitative estimate of drug-likeness (QED) is 0.107. The number of hydrogen-bond acceptors (Lipinski definition) is 4. The van der Waals surface area contributed by atoms with E-state index in [2.05, 4.69) is 4.74 Å². The van der Waals surface area contributed by atoms with Gasteiger partial charge in [0, 0.05) is 12.1 Å². The van der Waals surface area contributed by atoms with Gasteiger partial charge in [0.2, 0.25) is 5.75 Å². The molecule has 4 rings (SSSR count). The van der Waals surface area contributed by atoms with Gasteiger partial charge in [-0.3, -0.25) is 4.79 Å². The summed E-state index contributed by atoms with van der Waals surface area (Å²) in [7, 11) is 0. The van der Waals surface area contributed by atoms with E-state index in [1.165, 1.54) is 6.07 Å². The molecule has 0 amide bonds. The summed E-state index contributed by atoms with van der Waals surface area (Å²) in [5.41, 5.74) is -0.0875. The number of halogens is 8. The summed E-state index contributed by atoms with van der Waals surface area (Å²) in [6.07, 6.45) is -2.03. The van der Waals surface area contributed by atoms with Crippen molar-refractivity contribution in [3.8, 4) is 11.5 Å². The maximum atomic E-state index is 14.9. The largest absolute Gasteiger partial charge is 0.573 e. The lowest BCUT2D eigenvalue weighted by atomic mass is 9.70. The molecule has 12 heteroatoms. The van der Waals surface area contributed by atoms with E-state index in [1.807, 2.05) is 6.92 Å². The molecule has 0 bridgehead atoms. The number of esters is 1. The highest BCUT2D eigenvalue weighted by atomic mass is 19.4. The molecular formula is C32H36F8O4. The van der Waals surface area contributed by atoms with Gasteiger partial charge in [-0.15, -0.1) is 13.2 Å². The minimum absolute atomic E-state index is 0.240. The maximum Gasteiger partial charge on any atom is 0.573 e. The summed E-state index contributed by atoms with van der Waals surface area (Å²) in [5.74, 6) is -7.33. The Bertz CT molecular complexity index is 1240. The fourth-order valence-electron chi connectivity index (χ4n) is 6.31. The fourth-order valence-corrected chi connectivity index (χ4v) is 6.31. The minimum atomic E-state index is -5.30. The molecule has 0 aromatic heterocycles. The van der Waals surface area contributed by atoms with E-state index in [0.717, 1.165) is 31.4 Å². The van der Waals surface area contributed by atoms with Gasteiger partial charge in [0.15, 0.2) is 11.6 Å². The second kappa shape index (κ2) is 14.5. The number of alkyl halides is 5. The van der Waals surface area contributed by atoms with Crippen molar-refractivity contribution in [1.29, 1.82) is 0 Å². The minimum Gasteiger partial charge on any atom is -0.426 e. The Morgan fingerprint density at radius 2 is 1.39 bits per heavy atom. The van der Waals surface area contributed by atoms with Crippen molar-refractivity contribution in [3.63, 3.8) is 0 Å². The second-order valence-electron chi connectivity index (χ2n) is 11.7. The van der Waals surface area contributed by atoms with Gasteiger partial charge < -0.3 is 14.2 Å². The number of rotatable bonds is 11. The number of carbonyl (C=O) groups is 1. The zero-order chi connectivity index (χ0) is 32.1. The van der Waals surface area contributed by atoms with Crippen LogP contribution in [0.5, 0.6) is 11.5 Å². The van der Waals surface area contributed by atoms with Crippen LogP contribution in [0.4, 0.5) is 35.1 Å². The van der Waals surface area contributed by atoms with Crippen molar-refractivity contribution in [1.82, 2.24) is 0 Å². The third-order valence-corrected chi connectivity index (χ3v) is 8.63. The number of ether oxygens (including phenoxy) is 3. The first kappa shape index (κ1) is 34.0. The van der Waals surface area contributed by atoms with Crippen LogP contribution < -0.4 is 9.47 Å². The molecule has 0 heterocycles. The molecule has 4 nitrogen and oxygen atoms in total. The van der Waals surface area contributed by atoms with Crippen LogP contribution in [-0.2, 0) is 22.1 Å². The van der Waals surface area contributed by atoms with Crippen LogP contribution in [0.1, 0.15) is 88.7 Å². The van der Waals surface area contributed by atoms with Crippen molar-refractivity contribution in [2.75, 3.05) is 0 Å². The first-order valence-corrected chi connectivity index (χ1v) is 15.1. The molecule has 0 radical (unpaired) electrons. The molecule has 44 heavy (non-hydrogen) atoms. The van der Waals surface area contributed by atoms with Gasteiger partial charge in [-0.2, -0.15) is 8.78 Å². The standard InChI is InChI=1S/C32H36F8O4/c1-2-3-4-5-19-6-15-25(26(33)16-19)31(36,37)43-23-13-11-21(12-14-23)20-7-9-22(10-8-20)30(41)42-24-17-27(34)29(28(35)18-24)44-32(38,39)40/h6,15-18,20-23H,2-5,7-14H2,1H3. The van der Waals surface area contributed by atoms with Gasteiger partial charge in [0.25, 0.3) is 0 Å². The summed E-state index contributed by atoms with van der Waals surface area (Å²) in [4.78, 5) is 12.6. The fraction of sp³-hybridized carbons (Fsp3) is 0.594. The summed E-state index contributed by atoms with van der Waals surface area (Å²) >= 11 is 0. The predicted molar refractivity (Wildman–Crippen MR) is 144 cm³/mol. The van der Waals surface area contributed by atoms with Crippen LogP contribution >= 0.6 is 0 Å². The van der Waals surface area contributed by atoms with Gasteiger partial charge in [-0.1, -0.05) is 25.8 Å². The van der Waals surface area contributed by atoms with Gasteiger partial charge in [0.05, 0.1) is 17.6 Å². The topological polar surface area (TPSA) is 44.8 Å². The molecule has 0 spiro atoms. The molecule has 2 saturated carbocycles. The van der Waals surface area contributed by atoms with E-state index in [9.17, 15) is 39.9 Å². The lowest BCUT2D eigenvalue weighted by Gasteiger charge is -2.38. The Kier molecular flexibility index (Phi) is 11.2. The van der Waals surface area contributed by atoms with Gasteiger partial charge >= 0.3 is 18.4 Å². The molecule has 2 fully saturated rings. The van der Waals surface area contributed by atoms with Crippen molar-refractivity contribution in [2.45, 2.75) is 103 Å². The predicted octanol–water partition coefficient (Wildman–Crippen LogP) is 9.77. The summed E-state index contributed by atoms with van der Waals surface area (Å²) in [5, 5.41) is 0. The molecule has 0 aliphatic heterocycles. The molecular weight excluding hydrogens is 600 g/mol. The number of benzene rings is 2. The highest BCUT2D eigenvalue weighted by Crippen LogP contribution is 2.43. The van der Waals surface area contributed by atoms with E-state index < -0.39 is 65.0 Å². The maximum absolute atomic E-state index is 14.9. The van der Waals surface area contributed by atoms with Gasteiger partial charge in [-0.25, -0.2) is 13.2 Å².